The molecule has 0 saturated carbocycles. The summed E-state index contributed by atoms with van der Waals surface area (Å²) < 4.78 is 49.0. The molecule has 1 atom stereocenters. The van der Waals surface area contributed by atoms with E-state index in [9.17, 15) is 18.3 Å². The molecule has 224 valence electrons. The van der Waals surface area contributed by atoms with Crippen LogP contribution in [-0.2, 0) is 38.4 Å². The third kappa shape index (κ3) is 7.27. The first-order valence-corrected chi connectivity index (χ1v) is 14.6. The molecule has 0 amide bonds. The summed E-state index contributed by atoms with van der Waals surface area (Å²) in [5.74, 6) is -1.29. The Morgan fingerprint density at radius 3 is 2.29 bits per heavy atom. The number of ether oxygens (including phenoxy) is 4. The Morgan fingerprint density at radius 2 is 1.67 bits per heavy atom. The zero-order chi connectivity index (χ0) is 30.5. The van der Waals surface area contributed by atoms with Crippen molar-refractivity contribution in [3.63, 3.8) is 0 Å². The van der Waals surface area contributed by atoms with Crippen LogP contribution in [0.15, 0.2) is 72.3 Å². The van der Waals surface area contributed by atoms with Crippen LogP contribution < -0.4 is 14.2 Å². The normalized spacial score (nSPS) is 17.6. The molecule has 0 fully saturated rings. The van der Waals surface area contributed by atoms with E-state index in [1.165, 1.54) is 0 Å². The fourth-order valence-electron chi connectivity index (χ4n) is 4.66. The van der Waals surface area contributed by atoms with Crippen molar-refractivity contribution in [2.45, 2.75) is 18.8 Å². The maximum absolute atomic E-state index is 13.3. The highest BCUT2D eigenvalue weighted by atomic mass is 32.2. The minimum Gasteiger partial charge on any atom is -0.497 e. The second kappa shape index (κ2) is 12.9. The maximum Gasteiger partial charge on any atom is 0.342 e. The second-order valence-electron chi connectivity index (χ2n) is 9.93. The van der Waals surface area contributed by atoms with Crippen molar-refractivity contribution in [1.29, 1.82) is 0 Å². The highest BCUT2D eigenvalue weighted by Crippen LogP contribution is 2.46. The Bertz CT molecular complexity index is 1570. The van der Waals surface area contributed by atoms with Crippen LogP contribution in [0.5, 0.6) is 17.2 Å². The fraction of sp³-hybridized carbons (Fsp3) is 0.300. The summed E-state index contributed by atoms with van der Waals surface area (Å²) in [5, 5.41) is 19.7. The van der Waals surface area contributed by atoms with E-state index in [2.05, 4.69) is 17.0 Å². The van der Waals surface area contributed by atoms with E-state index < -0.39 is 34.2 Å². The lowest BCUT2D eigenvalue weighted by Gasteiger charge is -2.26. The molecule has 0 radical (unpaired) electrons. The molecule has 0 bridgehead atoms. The van der Waals surface area contributed by atoms with Crippen molar-refractivity contribution in [1.82, 2.24) is 4.90 Å². The number of rotatable bonds is 9. The maximum atomic E-state index is 13.3. The number of fused-ring (bicyclic) bond motifs is 1. The second-order valence-corrected chi connectivity index (χ2v) is 11.5. The Morgan fingerprint density at radius 1 is 0.976 bits per heavy atom. The molecule has 11 nitrogen and oxygen atoms in total. The summed E-state index contributed by atoms with van der Waals surface area (Å²) in [6.07, 6.45) is 0.319. The van der Waals surface area contributed by atoms with E-state index in [1.807, 2.05) is 26.2 Å². The standard InChI is InChI=1S/C28H27NO6.C2H6O4S/c1-29(2)16-19-6-4-5-18(13-19)14-23-26(20-7-12-24-25(15-20)34-17-33-24)27(30)35-28(23,31)21-8-10-22(32-3)11-9-21;3-1-2-7(4,5)6/h4-13,15,31H,14,16-17H2,1-3H3;3H,1-2H2,(H,4,5,6). The number of carbonyl (C=O) groups is 1. The van der Waals surface area contributed by atoms with E-state index in [-0.39, 0.29) is 6.79 Å². The van der Waals surface area contributed by atoms with Crippen molar-refractivity contribution >= 4 is 21.7 Å². The number of aliphatic hydroxyl groups is 2. The van der Waals surface area contributed by atoms with Crippen LogP contribution in [-0.4, -0.2) is 74.4 Å². The molecule has 2 aliphatic rings. The number of hydrogen-bond acceptors (Lipinski definition) is 10. The monoisotopic (exact) mass is 599 g/mol. The molecule has 0 saturated heterocycles. The summed E-state index contributed by atoms with van der Waals surface area (Å²) in [4.78, 5) is 15.3. The number of benzene rings is 3. The lowest BCUT2D eigenvalue weighted by molar-refractivity contribution is -0.185. The molecule has 0 spiro atoms. The van der Waals surface area contributed by atoms with E-state index in [0.717, 1.165) is 17.7 Å². The van der Waals surface area contributed by atoms with Crippen LogP contribution >= 0.6 is 0 Å². The SMILES string of the molecule is COc1ccc(C2(O)OC(=O)C(c3ccc4c(c3)OCO4)=C2Cc2cccc(CN(C)C)c2)cc1.O=S(=O)(O)CCO. The third-order valence-electron chi connectivity index (χ3n) is 6.52. The van der Waals surface area contributed by atoms with Crippen LogP contribution in [0.1, 0.15) is 22.3 Å². The van der Waals surface area contributed by atoms with E-state index in [1.54, 1.807) is 49.6 Å². The molecule has 5 rings (SSSR count). The highest BCUT2D eigenvalue weighted by Gasteiger charge is 2.48. The van der Waals surface area contributed by atoms with Gasteiger partial charge in [0.2, 0.25) is 6.79 Å². The van der Waals surface area contributed by atoms with Crippen LogP contribution in [0.4, 0.5) is 0 Å². The molecule has 3 aromatic rings. The molecule has 42 heavy (non-hydrogen) atoms. The molecule has 12 heteroatoms. The number of methoxy groups -OCH3 is 1. The number of hydrogen-bond donors (Lipinski definition) is 3. The lowest BCUT2D eigenvalue weighted by atomic mass is 9.87. The number of cyclic esters (lactones) is 1. The number of nitrogens with zero attached hydrogens (tertiary/aromatic N) is 1. The Balaban J connectivity index is 0.000000517. The lowest BCUT2D eigenvalue weighted by Crippen LogP contribution is -2.29. The number of carbonyl (C=O) groups excluding carboxylic acids is 1. The minimum absolute atomic E-state index is 0.129. The van der Waals surface area contributed by atoms with Crippen LogP contribution in [0.2, 0.25) is 0 Å². The van der Waals surface area contributed by atoms with Gasteiger partial charge in [-0.2, -0.15) is 8.42 Å². The average molecular weight is 600 g/mol. The van der Waals surface area contributed by atoms with Crippen molar-refractivity contribution in [3.05, 3.63) is 94.6 Å². The van der Waals surface area contributed by atoms with Crippen LogP contribution in [0.25, 0.3) is 5.57 Å². The Hall–Kier alpha value is -3.94. The minimum atomic E-state index is -3.92. The summed E-state index contributed by atoms with van der Waals surface area (Å²) in [7, 11) is 1.67. The van der Waals surface area contributed by atoms with Gasteiger partial charge in [0, 0.05) is 24.1 Å². The largest absolute Gasteiger partial charge is 0.497 e. The van der Waals surface area contributed by atoms with E-state index in [4.69, 9.17) is 28.6 Å². The topological polar surface area (TPSA) is 152 Å². The summed E-state index contributed by atoms with van der Waals surface area (Å²) in [6, 6.07) is 20.3. The van der Waals surface area contributed by atoms with Gasteiger partial charge in [-0.15, -0.1) is 0 Å². The molecule has 2 aliphatic heterocycles. The van der Waals surface area contributed by atoms with Gasteiger partial charge in [0.1, 0.15) is 5.75 Å². The summed E-state index contributed by atoms with van der Waals surface area (Å²) in [5.41, 5.74) is 3.93. The predicted molar refractivity (Wildman–Crippen MR) is 154 cm³/mol. The van der Waals surface area contributed by atoms with Gasteiger partial charge in [-0.05, 0) is 67.2 Å². The highest BCUT2D eigenvalue weighted by molar-refractivity contribution is 7.85. The van der Waals surface area contributed by atoms with Gasteiger partial charge in [-0.25, -0.2) is 4.79 Å². The molecule has 3 N–H and O–H groups in total. The van der Waals surface area contributed by atoms with Crippen LogP contribution in [0.3, 0.4) is 0 Å². The first-order chi connectivity index (χ1) is 19.9. The van der Waals surface area contributed by atoms with Gasteiger partial charge in [-0.1, -0.05) is 30.3 Å². The van der Waals surface area contributed by atoms with Gasteiger partial charge in [0.15, 0.2) is 11.5 Å². The third-order valence-corrected chi connectivity index (χ3v) is 7.22. The fourth-order valence-corrected chi connectivity index (χ4v) is 4.90. The van der Waals surface area contributed by atoms with Crippen molar-refractivity contribution in [3.8, 4) is 17.2 Å². The van der Waals surface area contributed by atoms with Gasteiger partial charge >= 0.3 is 5.97 Å². The predicted octanol–water partition coefficient (Wildman–Crippen LogP) is 2.75. The quantitative estimate of drug-likeness (QED) is 0.246. The Kier molecular flexibility index (Phi) is 9.54. The smallest absolute Gasteiger partial charge is 0.342 e. The molecule has 2 heterocycles. The van der Waals surface area contributed by atoms with E-state index in [0.29, 0.717) is 45.9 Å². The molecular weight excluding hydrogens is 566 g/mol. The first kappa shape index (κ1) is 31.0. The van der Waals surface area contributed by atoms with Gasteiger partial charge in [0.05, 0.1) is 25.0 Å². The molecule has 3 aromatic carbocycles. The van der Waals surface area contributed by atoms with Crippen molar-refractivity contribution < 1.29 is 46.9 Å². The number of esters is 1. The zero-order valence-electron chi connectivity index (χ0n) is 23.4. The molecule has 0 aliphatic carbocycles. The summed E-state index contributed by atoms with van der Waals surface area (Å²) >= 11 is 0. The van der Waals surface area contributed by atoms with Gasteiger partial charge < -0.3 is 34.1 Å². The van der Waals surface area contributed by atoms with E-state index >= 15 is 0 Å². The molecular formula is C30H33NO10S. The van der Waals surface area contributed by atoms with Crippen molar-refractivity contribution in [2.24, 2.45) is 0 Å². The first-order valence-electron chi connectivity index (χ1n) is 13.0. The number of aliphatic hydroxyl groups excluding tert-OH is 1. The Labute approximate surface area is 244 Å². The van der Waals surface area contributed by atoms with Gasteiger partial charge in [0.25, 0.3) is 15.9 Å². The molecule has 0 aromatic heterocycles. The van der Waals surface area contributed by atoms with Crippen molar-refractivity contribution in [2.75, 3.05) is 40.4 Å². The average Bonchev–Trinajstić information content (AvgIpc) is 3.50. The zero-order valence-corrected chi connectivity index (χ0v) is 24.3. The molecule has 1 unspecified atom stereocenters. The van der Waals surface area contributed by atoms with Gasteiger partial charge in [-0.3, -0.25) is 4.55 Å². The van der Waals surface area contributed by atoms with Crippen LogP contribution in [0, 0.1) is 0 Å². The summed E-state index contributed by atoms with van der Waals surface area (Å²) in [6.45, 7) is 0.377.